The van der Waals surface area contributed by atoms with Crippen molar-refractivity contribution in [3.63, 3.8) is 0 Å². The summed E-state index contributed by atoms with van der Waals surface area (Å²) in [5, 5.41) is 8.90. The van der Waals surface area contributed by atoms with Crippen LogP contribution in [0.2, 0.25) is 0 Å². The SMILES string of the molecule is COC(=O)c1ccc(Sc2ccc(C#N)c(I)c2)cc1. The van der Waals surface area contributed by atoms with Crippen molar-refractivity contribution in [2.75, 3.05) is 7.11 Å². The van der Waals surface area contributed by atoms with Crippen LogP contribution < -0.4 is 0 Å². The van der Waals surface area contributed by atoms with Crippen molar-refractivity contribution in [3.05, 3.63) is 57.2 Å². The zero-order valence-corrected chi connectivity index (χ0v) is 13.6. The van der Waals surface area contributed by atoms with E-state index in [1.807, 2.05) is 30.3 Å². The standard InChI is InChI=1S/C15H10INO2S/c1-19-15(18)10-2-5-12(6-3-10)20-13-7-4-11(9-17)14(16)8-13/h2-8H,1H3. The smallest absolute Gasteiger partial charge is 0.337 e. The number of ether oxygens (including phenoxy) is 1. The third-order valence-corrected chi connectivity index (χ3v) is 4.46. The monoisotopic (exact) mass is 395 g/mol. The number of rotatable bonds is 3. The Bertz CT molecular complexity index is 677. The van der Waals surface area contributed by atoms with Crippen LogP contribution in [0.5, 0.6) is 0 Å². The van der Waals surface area contributed by atoms with E-state index in [1.165, 1.54) is 7.11 Å². The minimum Gasteiger partial charge on any atom is -0.465 e. The first-order valence-corrected chi connectivity index (χ1v) is 7.59. The topological polar surface area (TPSA) is 50.1 Å². The molecule has 0 aliphatic carbocycles. The Labute approximate surface area is 135 Å². The summed E-state index contributed by atoms with van der Waals surface area (Å²) in [6, 6.07) is 15.1. The quantitative estimate of drug-likeness (QED) is 0.580. The molecule has 0 spiro atoms. The molecule has 5 heteroatoms. The van der Waals surface area contributed by atoms with Crippen LogP contribution in [0.4, 0.5) is 0 Å². The molecular weight excluding hydrogens is 385 g/mol. The van der Waals surface area contributed by atoms with Crippen molar-refractivity contribution < 1.29 is 9.53 Å². The molecule has 20 heavy (non-hydrogen) atoms. The summed E-state index contributed by atoms with van der Waals surface area (Å²) in [4.78, 5) is 13.4. The highest BCUT2D eigenvalue weighted by Crippen LogP contribution is 2.29. The van der Waals surface area contributed by atoms with Crippen LogP contribution in [0.3, 0.4) is 0 Å². The van der Waals surface area contributed by atoms with Crippen molar-refractivity contribution in [2.24, 2.45) is 0 Å². The minimum absolute atomic E-state index is 0.338. The summed E-state index contributed by atoms with van der Waals surface area (Å²) in [7, 11) is 1.36. The Hall–Kier alpha value is -1.52. The summed E-state index contributed by atoms with van der Waals surface area (Å²) >= 11 is 3.73. The van der Waals surface area contributed by atoms with Crippen molar-refractivity contribution in [3.8, 4) is 6.07 Å². The van der Waals surface area contributed by atoms with Gasteiger partial charge in [0.15, 0.2) is 0 Å². The molecule has 0 atom stereocenters. The fourth-order valence-corrected chi connectivity index (χ4v) is 3.27. The Balaban J connectivity index is 2.16. The Morgan fingerprint density at radius 2 is 1.85 bits per heavy atom. The van der Waals surface area contributed by atoms with E-state index in [-0.39, 0.29) is 5.97 Å². The van der Waals surface area contributed by atoms with E-state index in [0.29, 0.717) is 11.1 Å². The molecule has 0 aliphatic rings. The average Bonchev–Trinajstić information content (AvgIpc) is 2.47. The van der Waals surface area contributed by atoms with Crippen LogP contribution in [0.1, 0.15) is 15.9 Å². The lowest BCUT2D eigenvalue weighted by atomic mass is 10.2. The largest absolute Gasteiger partial charge is 0.465 e. The number of carbonyl (C=O) groups excluding carboxylic acids is 1. The van der Waals surface area contributed by atoms with Crippen LogP contribution in [-0.4, -0.2) is 13.1 Å². The van der Waals surface area contributed by atoms with Crippen LogP contribution in [0.15, 0.2) is 52.3 Å². The first-order chi connectivity index (χ1) is 9.63. The van der Waals surface area contributed by atoms with Crippen LogP contribution in [0, 0.1) is 14.9 Å². The molecule has 3 nitrogen and oxygen atoms in total. The lowest BCUT2D eigenvalue weighted by molar-refractivity contribution is 0.0600. The maximum atomic E-state index is 11.3. The molecule has 2 rings (SSSR count). The molecule has 0 heterocycles. The second-order valence-electron chi connectivity index (χ2n) is 3.87. The van der Waals surface area contributed by atoms with E-state index >= 15 is 0 Å². The molecule has 2 aromatic rings. The number of benzene rings is 2. The number of methoxy groups -OCH3 is 1. The molecule has 0 unspecified atom stereocenters. The Morgan fingerprint density at radius 1 is 1.20 bits per heavy atom. The van der Waals surface area contributed by atoms with Gasteiger partial charge in [0.2, 0.25) is 0 Å². The molecule has 0 fully saturated rings. The second-order valence-corrected chi connectivity index (χ2v) is 6.18. The van der Waals surface area contributed by atoms with Gasteiger partial charge in [-0.2, -0.15) is 5.26 Å². The molecule has 2 aromatic carbocycles. The van der Waals surface area contributed by atoms with Gasteiger partial charge in [0.05, 0.1) is 18.2 Å². The average molecular weight is 395 g/mol. The number of nitrogens with zero attached hydrogens (tertiary/aromatic N) is 1. The Morgan fingerprint density at radius 3 is 2.40 bits per heavy atom. The van der Waals surface area contributed by atoms with Gasteiger partial charge < -0.3 is 4.74 Å². The molecule has 0 radical (unpaired) electrons. The van der Waals surface area contributed by atoms with Crippen molar-refractivity contribution in [1.29, 1.82) is 5.26 Å². The normalized spacial score (nSPS) is 9.85. The number of halogens is 1. The van der Waals surface area contributed by atoms with Crippen LogP contribution in [-0.2, 0) is 4.74 Å². The molecule has 100 valence electrons. The molecule has 0 N–H and O–H groups in total. The van der Waals surface area contributed by atoms with Crippen LogP contribution in [0.25, 0.3) is 0 Å². The number of carbonyl (C=O) groups is 1. The van der Waals surface area contributed by atoms with Crippen molar-refractivity contribution in [1.82, 2.24) is 0 Å². The second kappa shape index (κ2) is 6.77. The van der Waals surface area contributed by atoms with Crippen molar-refractivity contribution in [2.45, 2.75) is 9.79 Å². The van der Waals surface area contributed by atoms with E-state index in [1.54, 1.807) is 23.9 Å². The summed E-state index contributed by atoms with van der Waals surface area (Å²) in [6.07, 6.45) is 0. The van der Waals surface area contributed by atoms with Gasteiger partial charge in [-0.3, -0.25) is 0 Å². The lowest BCUT2D eigenvalue weighted by Crippen LogP contribution is -2.00. The van der Waals surface area contributed by atoms with E-state index < -0.39 is 0 Å². The van der Waals surface area contributed by atoms with Gasteiger partial charge in [0.1, 0.15) is 6.07 Å². The minimum atomic E-state index is -0.338. The van der Waals surface area contributed by atoms with Gasteiger partial charge in [-0.15, -0.1) is 0 Å². The Kier molecular flexibility index (Phi) is 5.04. The predicted molar refractivity (Wildman–Crippen MR) is 85.8 cm³/mol. The first kappa shape index (κ1) is 14.9. The summed E-state index contributed by atoms with van der Waals surface area (Å²) in [5.41, 5.74) is 1.21. The molecule has 0 aliphatic heterocycles. The molecule has 0 saturated heterocycles. The molecule has 0 amide bonds. The molecule has 0 bridgehead atoms. The van der Waals surface area contributed by atoms with Gasteiger partial charge in [-0.1, -0.05) is 11.8 Å². The van der Waals surface area contributed by atoms with E-state index in [0.717, 1.165) is 13.4 Å². The zero-order valence-electron chi connectivity index (χ0n) is 10.6. The fraction of sp³-hybridized carbons (Fsp3) is 0.0667. The third-order valence-electron chi connectivity index (χ3n) is 2.57. The fourth-order valence-electron chi connectivity index (χ4n) is 1.56. The van der Waals surface area contributed by atoms with Gasteiger partial charge in [-0.05, 0) is 65.1 Å². The van der Waals surface area contributed by atoms with E-state index in [2.05, 4.69) is 33.4 Å². The maximum absolute atomic E-state index is 11.3. The maximum Gasteiger partial charge on any atom is 0.337 e. The highest BCUT2D eigenvalue weighted by molar-refractivity contribution is 14.1. The first-order valence-electron chi connectivity index (χ1n) is 5.70. The van der Waals surface area contributed by atoms with E-state index in [4.69, 9.17) is 5.26 Å². The van der Waals surface area contributed by atoms with Gasteiger partial charge >= 0.3 is 5.97 Å². The van der Waals surface area contributed by atoms with Gasteiger partial charge in [0, 0.05) is 13.4 Å². The van der Waals surface area contributed by atoms with Gasteiger partial charge in [-0.25, -0.2) is 4.79 Å². The number of hydrogen-bond acceptors (Lipinski definition) is 4. The molecule has 0 saturated carbocycles. The summed E-state index contributed by atoms with van der Waals surface area (Å²) in [6.45, 7) is 0. The van der Waals surface area contributed by atoms with Gasteiger partial charge in [0.25, 0.3) is 0 Å². The van der Waals surface area contributed by atoms with Crippen LogP contribution >= 0.6 is 34.4 Å². The van der Waals surface area contributed by atoms with E-state index in [9.17, 15) is 4.79 Å². The van der Waals surface area contributed by atoms with Crippen molar-refractivity contribution >= 4 is 40.3 Å². The number of esters is 1. The number of nitriles is 1. The predicted octanol–water partition coefficient (Wildman–Crippen LogP) is 4.10. The molecule has 0 aromatic heterocycles. The third kappa shape index (κ3) is 3.52. The highest BCUT2D eigenvalue weighted by Gasteiger charge is 2.06. The summed E-state index contributed by atoms with van der Waals surface area (Å²) < 4.78 is 5.59. The highest BCUT2D eigenvalue weighted by atomic mass is 127. The lowest BCUT2D eigenvalue weighted by Gasteiger charge is -2.04. The number of hydrogen-bond donors (Lipinski definition) is 0. The summed E-state index contributed by atoms with van der Waals surface area (Å²) in [5.74, 6) is -0.338. The molecular formula is C15H10INO2S. The zero-order chi connectivity index (χ0) is 14.5.